The van der Waals surface area contributed by atoms with Crippen LogP contribution >= 0.6 is 0 Å². The second-order valence-corrected chi connectivity index (χ2v) is 12.0. The summed E-state index contributed by atoms with van der Waals surface area (Å²) in [7, 11) is 8.02. The molecule has 4 aromatic carbocycles. The number of aliphatic imine (C=N–C) groups is 1. The largest absolute Gasteiger partial charge is 0.354 e. The van der Waals surface area contributed by atoms with Crippen molar-refractivity contribution in [2.75, 3.05) is 28.2 Å². The number of rotatable bonds is 5. The number of aryl methyl sites for hydroxylation is 1. The molecule has 5 nitrogen and oxygen atoms in total. The van der Waals surface area contributed by atoms with Crippen molar-refractivity contribution < 1.29 is 4.58 Å². The van der Waals surface area contributed by atoms with Gasteiger partial charge in [-0.15, -0.1) is 0 Å². The Morgan fingerprint density at radius 1 is 0.711 bits per heavy atom. The minimum absolute atomic E-state index is 0.259. The predicted octanol–water partition coefficient (Wildman–Crippen LogP) is 4.85. The number of terminal acetylenes is 1. The van der Waals surface area contributed by atoms with Gasteiger partial charge in [-0.3, -0.25) is 9.48 Å². The van der Waals surface area contributed by atoms with E-state index in [1.165, 1.54) is 22.0 Å². The average molecular weight is 602 g/mol. The van der Waals surface area contributed by atoms with E-state index in [1.807, 2.05) is 74.1 Å². The van der Waals surface area contributed by atoms with Crippen LogP contribution in [0.5, 0.6) is 0 Å². The van der Waals surface area contributed by atoms with Gasteiger partial charge in [-0.1, -0.05) is 127 Å². The Kier molecular flexibility index (Phi) is 15.2. The van der Waals surface area contributed by atoms with E-state index in [2.05, 4.69) is 141 Å². The van der Waals surface area contributed by atoms with Gasteiger partial charge in [0.2, 0.25) is 0 Å². The molecular formula is C39H52BN5. The van der Waals surface area contributed by atoms with Crippen molar-refractivity contribution in [2.24, 2.45) is 4.99 Å². The Morgan fingerprint density at radius 2 is 1.09 bits per heavy atom. The molecule has 0 saturated carbocycles. The molecule has 0 atom stereocenters. The summed E-state index contributed by atoms with van der Waals surface area (Å²) in [5.74, 6) is 4.94. The van der Waals surface area contributed by atoms with Gasteiger partial charge in [0.05, 0.1) is 28.2 Å². The molecule has 4 rings (SSSR count). The van der Waals surface area contributed by atoms with E-state index in [0.29, 0.717) is 6.04 Å². The number of hydrogen-bond donors (Lipinski definition) is 2. The quantitative estimate of drug-likeness (QED) is 0.113. The van der Waals surface area contributed by atoms with Crippen LogP contribution in [0.1, 0.15) is 33.3 Å². The zero-order valence-corrected chi connectivity index (χ0v) is 28.7. The predicted molar refractivity (Wildman–Crippen MR) is 199 cm³/mol. The maximum absolute atomic E-state index is 6.08. The van der Waals surface area contributed by atoms with Gasteiger partial charge in [0.25, 0.3) is 5.96 Å². The first-order valence-electron chi connectivity index (χ1n) is 15.7. The Balaban J connectivity index is 0.000000263. The molecule has 4 aromatic rings. The molecule has 0 unspecified atom stereocenters. The monoisotopic (exact) mass is 601 g/mol. The zero-order valence-electron chi connectivity index (χ0n) is 28.7. The van der Waals surface area contributed by atoms with Crippen molar-refractivity contribution in [2.45, 2.75) is 46.7 Å². The highest BCUT2D eigenvalue weighted by atomic mass is 15.3. The lowest BCUT2D eigenvalue weighted by atomic mass is 9.16. The van der Waals surface area contributed by atoms with E-state index < -0.39 is 6.15 Å². The molecule has 0 amide bonds. The lowest BCUT2D eigenvalue weighted by Crippen LogP contribution is -2.66. The van der Waals surface area contributed by atoms with Gasteiger partial charge in [-0.25, -0.2) is 10.3 Å². The smallest absolute Gasteiger partial charge is 0.341 e. The van der Waals surface area contributed by atoms with Crippen LogP contribution in [0.25, 0.3) is 0 Å². The van der Waals surface area contributed by atoms with Gasteiger partial charge < -0.3 is 11.1 Å². The molecule has 236 valence electrons. The highest BCUT2D eigenvalue weighted by molar-refractivity contribution is 7.16. The van der Waals surface area contributed by atoms with Crippen LogP contribution in [0.15, 0.2) is 126 Å². The minimum atomic E-state index is -1.37. The summed E-state index contributed by atoms with van der Waals surface area (Å²) >= 11 is 0. The molecule has 0 bridgehead atoms. The zero-order chi connectivity index (χ0) is 33.2. The van der Waals surface area contributed by atoms with Crippen molar-refractivity contribution in [3.05, 3.63) is 127 Å². The van der Waals surface area contributed by atoms with Crippen molar-refractivity contribution in [1.29, 1.82) is 0 Å². The van der Waals surface area contributed by atoms with Gasteiger partial charge in [-0.2, -0.15) is 22.8 Å². The highest BCUT2D eigenvalue weighted by Gasteiger charge is 2.27. The Hall–Kier alpha value is -4.76. The topological polar surface area (TPSA) is 42.7 Å². The van der Waals surface area contributed by atoms with Crippen LogP contribution in [-0.2, 0) is 0 Å². The molecule has 0 fully saturated rings. The summed E-state index contributed by atoms with van der Waals surface area (Å²) < 4.78 is 2.03. The van der Waals surface area contributed by atoms with Gasteiger partial charge in [-0.05, 0) is 34.6 Å². The number of nitrogens with one attached hydrogen (secondary N) is 2. The molecular weight excluding hydrogens is 549 g/mol. The van der Waals surface area contributed by atoms with Gasteiger partial charge >= 0.3 is 5.96 Å². The lowest BCUT2D eigenvalue weighted by Gasteiger charge is -2.38. The SMILES string of the molecule is C#C[B-](c1ccccc1)(c1ccccc1)c1ccccc1.CC(C)N=C(NC(N(C)C)=[N+](C)C)NC(C)C.Cc1ccccc1. The number of benzene rings is 4. The van der Waals surface area contributed by atoms with Crippen LogP contribution in [-0.4, -0.2) is 67.8 Å². The Morgan fingerprint density at radius 3 is 1.33 bits per heavy atom. The van der Waals surface area contributed by atoms with Crippen LogP contribution in [0.3, 0.4) is 0 Å². The molecule has 0 heterocycles. The van der Waals surface area contributed by atoms with Gasteiger partial charge in [0, 0.05) is 12.1 Å². The first kappa shape index (κ1) is 36.4. The van der Waals surface area contributed by atoms with E-state index in [-0.39, 0.29) is 6.04 Å². The van der Waals surface area contributed by atoms with E-state index in [4.69, 9.17) is 6.42 Å². The minimum Gasteiger partial charge on any atom is -0.341 e. The molecule has 0 radical (unpaired) electrons. The summed E-state index contributed by atoms with van der Waals surface area (Å²) in [6.45, 7) is 10.4. The van der Waals surface area contributed by atoms with Crippen LogP contribution < -0.4 is 27.0 Å². The van der Waals surface area contributed by atoms with Crippen molar-refractivity contribution >= 4 is 34.5 Å². The molecule has 0 aromatic heterocycles. The third-order valence-corrected chi connectivity index (χ3v) is 6.98. The van der Waals surface area contributed by atoms with Crippen LogP contribution in [0, 0.1) is 19.2 Å². The molecule has 6 heteroatoms. The summed E-state index contributed by atoms with van der Waals surface area (Å²) in [6.07, 6.45) is 4.71. The third kappa shape index (κ3) is 11.7. The molecule has 0 spiro atoms. The fraction of sp³-hybridized carbons (Fsp3) is 0.282. The first-order chi connectivity index (χ1) is 21.5. The molecule has 0 aliphatic carbocycles. The lowest BCUT2D eigenvalue weighted by molar-refractivity contribution is -0.471. The van der Waals surface area contributed by atoms with E-state index in [0.717, 1.165) is 11.9 Å². The van der Waals surface area contributed by atoms with Crippen molar-refractivity contribution in [3.63, 3.8) is 0 Å². The average Bonchev–Trinajstić information content (AvgIpc) is 3.02. The Labute approximate surface area is 273 Å². The Bertz CT molecular complexity index is 1390. The normalized spacial score (nSPS) is 10.8. The number of hydrogen-bond acceptors (Lipinski definition) is 1. The van der Waals surface area contributed by atoms with Crippen molar-refractivity contribution in [1.82, 2.24) is 15.5 Å². The molecule has 2 N–H and O–H groups in total. The van der Waals surface area contributed by atoms with Crippen LogP contribution in [0.4, 0.5) is 0 Å². The summed E-state index contributed by atoms with van der Waals surface area (Å²) in [5, 5.41) is 6.64. The number of guanidine groups is 2. The molecule has 0 aliphatic heterocycles. The van der Waals surface area contributed by atoms with Gasteiger partial charge in [0.1, 0.15) is 6.15 Å². The third-order valence-electron chi connectivity index (χ3n) is 6.98. The summed E-state index contributed by atoms with van der Waals surface area (Å²) in [4.78, 5) is 6.57. The fourth-order valence-electron chi connectivity index (χ4n) is 4.99. The second kappa shape index (κ2) is 18.8. The summed E-state index contributed by atoms with van der Waals surface area (Å²) in [6, 6.07) is 42.0. The second-order valence-electron chi connectivity index (χ2n) is 12.0. The van der Waals surface area contributed by atoms with Crippen molar-refractivity contribution in [3.8, 4) is 12.2 Å². The maximum atomic E-state index is 6.08. The van der Waals surface area contributed by atoms with E-state index >= 15 is 0 Å². The van der Waals surface area contributed by atoms with Gasteiger partial charge in [0.15, 0.2) is 0 Å². The summed E-state index contributed by atoms with van der Waals surface area (Å²) in [5.41, 5.74) is 4.86. The molecule has 0 saturated heterocycles. The maximum Gasteiger partial charge on any atom is 0.354 e. The van der Waals surface area contributed by atoms with E-state index in [9.17, 15) is 0 Å². The standard InChI is InChI=1S/C20H16B.C12H27N5.C7H8/c1-2-21(18-12-6-3-7-13-18,19-14-8-4-9-15-19)20-16-10-5-11-17-20;1-9(2)13-11(14-10(3)4)15-12(16(5)6)17(7)8;1-7-5-3-2-4-6-7/h1,3-17H;9-10H,1-8H3,(H,13,14);2-6H,1H3/q-1;;/p+1. The molecule has 0 aliphatic rings. The first-order valence-corrected chi connectivity index (χ1v) is 15.7. The molecule has 45 heavy (non-hydrogen) atoms. The highest BCUT2D eigenvalue weighted by Crippen LogP contribution is 2.06. The van der Waals surface area contributed by atoms with E-state index in [1.54, 1.807) is 0 Å². The number of nitrogens with zero attached hydrogens (tertiary/aromatic N) is 3. The fourth-order valence-corrected chi connectivity index (χ4v) is 4.99. The van der Waals surface area contributed by atoms with Crippen LogP contribution in [0.2, 0.25) is 0 Å².